The summed E-state index contributed by atoms with van der Waals surface area (Å²) in [6.07, 6.45) is 3.20. The summed E-state index contributed by atoms with van der Waals surface area (Å²) in [7, 11) is 0. The van der Waals surface area contributed by atoms with Crippen LogP contribution in [0.5, 0.6) is 0 Å². The van der Waals surface area contributed by atoms with Gasteiger partial charge in [0.25, 0.3) is 0 Å². The molecule has 0 radical (unpaired) electrons. The van der Waals surface area contributed by atoms with Crippen LogP contribution in [0, 0.1) is 12.7 Å². The van der Waals surface area contributed by atoms with Crippen molar-refractivity contribution in [3.05, 3.63) is 59.9 Å². The molecule has 0 spiro atoms. The fraction of sp³-hybridized carbons (Fsp3) is 0.364. The third kappa shape index (κ3) is 5.55. The van der Waals surface area contributed by atoms with Crippen molar-refractivity contribution in [3.8, 4) is 0 Å². The lowest BCUT2D eigenvalue weighted by Gasteiger charge is -2.30. The smallest absolute Gasteiger partial charge is 0.243 e. The number of nitrogens with one attached hydrogen (secondary N) is 1. The predicted molar refractivity (Wildman–Crippen MR) is 109 cm³/mol. The molecule has 148 valence electrons. The van der Waals surface area contributed by atoms with Crippen molar-refractivity contribution in [1.82, 2.24) is 4.90 Å². The summed E-state index contributed by atoms with van der Waals surface area (Å²) in [4.78, 5) is 28.9. The number of likely N-dealkylation sites (tertiary alicyclic amines) is 1. The van der Waals surface area contributed by atoms with Gasteiger partial charge in [0.1, 0.15) is 5.82 Å². The highest BCUT2D eigenvalue weighted by Crippen LogP contribution is 2.17. The van der Waals surface area contributed by atoms with Crippen molar-refractivity contribution in [2.24, 2.45) is 0 Å². The van der Waals surface area contributed by atoms with Gasteiger partial charge < -0.3 is 15.1 Å². The van der Waals surface area contributed by atoms with Crippen molar-refractivity contribution >= 4 is 23.2 Å². The number of hydrogen-bond acceptors (Lipinski definition) is 3. The lowest BCUT2D eigenvalue weighted by molar-refractivity contribution is -0.130. The minimum Gasteiger partial charge on any atom is -0.353 e. The molecule has 0 bridgehead atoms. The van der Waals surface area contributed by atoms with Gasteiger partial charge in [0.15, 0.2) is 0 Å². The zero-order valence-electron chi connectivity index (χ0n) is 16.2. The number of amides is 2. The topological polar surface area (TPSA) is 52.7 Å². The van der Waals surface area contributed by atoms with Gasteiger partial charge in [0, 0.05) is 24.5 Å². The molecule has 1 fully saturated rings. The molecule has 0 atom stereocenters. The predicted octanol–water partition coefficient (Wildman–Crippen LogP) is 3.59. The van der Waals surface area contributed by atoms with E-state index in [4.69, 9.17) is 0 Å². The maximum atomic E-state index is 13.3. The third-order valence-corrected chi connectivity index (χ3v) is 4.88. The average Bonchev–Trinajstić information content (AvgIpc) is 2.68. The Hall–Kier alpha value is -2.89. The number of piperidine rings is 1. The standard InChI is InChI=1S/C22H26FN3O2/c1-17-8-10-20(11-9-17)26(16-22(28)25-12-3-2-4-13-25)15-21(27)24-19-7-5-6-18(23)14-19/h5-11,14H,2-4,12-13,15-16H2,1H3,(H,24,27). The first kappa shape index (κ1) is 19.9. The first-order valence-corrected chi connectivity index (χ1v) is 9.66. The first-order valence-electron chi connectivity index (χ1n) is 9.66. The van der Waals surface area contributed by atoms with E-state index in [0.29, 0.717) is 5.69 Å². The van der Waals surface area contributed by atoms with Crippen molar-refractivity contribution in [2.75, 3.05) is 36.4 Å². The summed E-state index contributed by atoms with van der Waals surface area (Å²) in [6.45, 7) is 3.69. The lowest BCUT2D eigenvalue weighted by atomic mass is 10.1. The van der Waals surface area contributed by atoms with Gasteiger partial charge in [-0.05, 0) is 56.5 Å². The molecule has 3 rings (SSSR count). The van der Waals surface area contributed by atoms with Crippen LogP contribution in [0.15, 0.2) is 48.5 Å². The Morgan fingerprint density at radius 1 is 1.04 bits per heavy atom. The van der Waals surface area contributed by atoms with Crippen LogP contribution in [-0.4, -0.2) is 42.9 Å². The van der Waals surface area contributed by atoms with Crippen molar-refractivity contribution in [3.63, 3.8) is 0 Å². The van der Waals surface area contributed by atoms with E-state index in [9.17, 15) is 14.0 Å². The van der Waals surface area contributed by atoms with Crippen LogP contribution in [0.1, 0.15) is 24.8 Å². The van der Waals surface area contributed by atoms with Gasteiger partial charge in [-0.2, -0.15) is 0 Å². The maximum Gasteiger partial charge on any atom is 0.243 e. The van der Waals surface area contributed by atoms with Crippen LogP contribution in [-0.2, 0) is 9.59 Å². The molecule has 1 heterocycles. The molecule has 1 N–H and O–H groups in total. The maximum absolute atomic E-state index is 13.3. The summed E-state index contributed by atoms with van der Waals surface area (Å²) in [5.74, 6) is -0.676. The van der Waals surface area contributed by atoms with E-state index >= 15 is 0 Å². The number of aryl methyl sites for hydroxylation is 1. The van der Waals surface area contributed by atoms with Gasteiger partial charge in [0.05, 0.1) is 13.1 Å². The SMILES string of the molecule is Cc1ccc(N(CC(=O)Nc2cccc(F)c2)CC(=O)N2CCCCC2)cc1. The van der Waals surface area contributed by atoms with Gasteiger partial charge in [0.2, 0.25) is 11.8 Å². The number of anilines is 2. The van der Waals surface area contributed by atoms with Gasteiger partial charge in [-0.1, -0.05) is 23.8 Å². The van der Waals surface area contributed by atoms with Gasteiger partial charge >= 0.3 is 0 Å². The average molecular weight is 383 g/mol. The number of carbonyl (C=O) groups excluding carboxylic acids is 2. The summed E-state index contributed by atoms with van der Waals surface area (Å²) in [5.41, 5.74) is 2.32. The van der Waals surface area contributed by atoms with Crippen LogP contribution in [0.2, 0.25) is 0 Å². The largest absolute Gasteiger partial charge is 0.353 e. The zero-order chi connectivity index (χ0) is 19.9. The van der Waals surface area contributed by atoms with Crippen LogP contribution in [0.4, 0.5) is 15.8 Å². The Bertz CT molecular complexity index is 817. The Kier molecular flexibility index (Phi) is 6.63. The number of nitrogens with zero attached hydrogens (tertiary/aromatic N) is 2. The van der Waals surface area contributed by atoms with Gasteiger partial charge in [-0.15, -0.1) is 0 Å². The second kappa shape index (κ2) is 9.35. The van der Waals surface area contributed by atoms with Crippen LogP contribution < -0.4 is 10.2 Å². The number of benzene rings is 2. The van der Waals surface area contributed by atoms with Crippen molar-refractivity contribution < 1.29 is 14.0 Å². The number of rotatable bonds is 6. The first-order chi connectivity index (χ1) is 13.5. The Balaban J connectivity index is 1.70. The Morgan fingerprint density at radius 2 is 1.75 bits per heavy atom. The molecule has 1 saturated heterocycles. The number of halogens is 1. The van der Waals surface area contributed by atoms with E-state index in [2.05, 4.69) is 5.32 Å². The summed E-state index contributed by atoms with van der Waals surface area (Å²) in [6, 6.07) is 13.5. The molecule has 28 heavy (non-hydrogen) atoms. The quantitative estimate of drug-likeness (QED) is 0.829. The van der Waals surface area contributed by atoms with E-state index in [0.717, 1.165) is 43.6 Å². The van der Waals surface area contributed by atoms with Crippen molar-refractivity contribution in [1.29, 1.82) is 0 Å². The minimum absolute atomic E-state index is 0.0130. The molecule has 0 aliphatic carbocycles. The molecule has 0 unspecified atom stereocenters. The van der Waals surface area contributed by atoms with E-state index < -0.39 is 5.82 Å². The van der Waals surface area contributed by atoms with E-state index in [1.165, 1.54) is 12.1 Å². The van der Waals surface area contributed by atoms with Crippen LogP contribution in [0.3, 0.4) is 0 Å². The van der Waals surface area contributed by atoms with Crippen LogP contribution in [0.25, 0.3) is 0 Å². The highest BCUT2D eigenvalue weighted by atomic mass is 19.1. The fourth-order valence-corrected chi connectivity index (χ4v) is 3.34. The molecule has 1 aliphatic rings. The molecule has 0 aromatic heterocycles. The molecule has 1 aliphatic heterocycles. The van der Waals surface area contributed by atoms with E-state index in [1.807, 2.05) is 36.1 Å². The Morgan fingerprint density at radius 3 is 2.43 bits per heavy atom. The number of carbonyl (C=O) groups is 2. The third-order valence-electron chi connectivity index (χ3n) is 4.88. The molecule has 2 aromatic rings. The fourth-order valence-electron chi connectivity index (χ4n) is 3.34. The van der Waals surface area contributed by atoms with E-state index in [1.54, 1.807) is 17.0 Å². The van der Waals surface area contributed by atoms with Crippen molar-refractivity contribution in [2.45, 2.75) is 26.2 Å². The number of hydrogen-bond donors (Lipinski definition) is 1. The normalized spacial score (nSPS) is 13.9. The zero-order valence-corrected chi connectivity index (χ0v) is 16.2. The molecular weight excluding hydrogens is 357 g/mol. The van der Waals surface area contributed by atoms with E-state index in [-0.39, 0.29) is 24.9 Å². The summed E-state index contributed by atoms with van der Waals surface area (Å²) >= 11 is 0. The highest BCUT2D eigenvalue weighted by Gasteiger charge is 2.21. The minimum atomic E-state index is -0.409. The Labute approximate surface area is 165 Å². The second-order valence-electron chi connectivity index (χ2n) is 7.19. The summed E-state index contributed by atoms with van der Waals surface area (Å²) in [5, 5.41) is 2.70. The van der Waals surface area contributed by atoms with Crippen LogP contribution >= 0.6 is 0 Å². The molecule has 0 saturated carbocycles. The second-order valence-corrected chi connectivity index (χ2v) is 7.19. The summed E-state index contributed by atoms with van der Waals surface area (Å²) < 4.78 is 13.3. The van der Waals surface area contributed by atoms with Gasteiger partial charge in [-0.3, -0.25) is 9.59 Å². The molecule has 6 heteroatoms. The van der Waals surface area contributed by atoms with Gasteiger partial charge in [-0.25, -0.2) is 4.39 Å². The molecule has 2 amide bonds. The molecular formula is C22H26FN3O2. The highest BCUT2D eigenvalue weighted by molar-refractivity contribution is 5.95. The lowest BCUT2D eigenvalue weighted by Crippen LogP contribution is -2.45. The monoisotopic (exact) mass is 383 g/mol. The molecule has 5 nitrogen and oxygen atoms in total. The molecule has 2 aromatic carbocycles.